The first-order chi connectivity index (χ1) is 9.80. The van der Waals surface area contributed by atoms with Crippen molar-refractivity contribution >= 4 is 12.1 Å². The summed E-state index contributed by atoms with van der Waals surface area (Å²) in [7, 11) is 0. The Morgan fingerprint density at radius 3 is 2.62 bits per heavy atom. The molecule has 6 heteroatoms. The number of hydrogen-bond acceptors (Lipinski definition) is 4. The van der Waals surface area contributed by atoms with Crippen LogP contribution in [0.4, 0.5) is 4.79 Å². The predicted molar refractivity (Wildman–Crippen MR) is 78.1 cm³/mol. The molecule has 0 radical (unpaired) electrons. The molecule has 1 aliphatic carbocycles. The van der Waals surface area contributed by atoms with E-state index in [0.717, 1.165) is 19.3 Å². The summed E-state index contributed by atoms with van der Waals surface area (Å²) in [4.78, 5) is 24.9. The van der Waals surface area contributed by atoms with Crippen molar-refractivity contribution in [1.82, 2.24) is 10.2 Å². The van der Waals surface area contributed by atoms with Gasteiger partial charge in [-0.1, -0.05) is 20.8 Å². The summed E-state index contributed by atoms with van der Waals surface area (Å²) in [5, 5.41) is 12.2. The molecule has 1 saturated carbocycles. The third-order valence-corrected chi connectivity index (χ3v) is 4.58. The zero-order chi connectivity index (χ0) is 15.6. The van der Waals surface area contributed by atoms with Crippen LogP contribution in [0.15, 0.2) is 0 Å². The summed E-state index contributed by atoms with van der Waals surface area (Å²) >= 11 is 0. The highest BCUT2D eigenvalue weighted by atomic mass is 16.6. The van der Waals surface area contributed by atoms with E-state index in [0.29, 0.717) is 19.0 Å². The summed E-state index contributed by atoms with van der Waals surface area (Å²) in [6.45, 7) is 7.74. The van der Waals surface area contributed by atoms with Crippen LogP contribution in [0.25, 0.3) is 0 Å². The third-order valence-electron chi connectivity index (χ3n) is 4.58. The first kappa shape index (κ1) is 16.1. The molecule has 1 heterocycles. The Kier molecular flexibility index (Phi) is 4.76. The van der Waals surface area contributed by atoms with E-state index in [-0.39, 0.29) is 18.1 Å². The van der Waals surface area contributed by atoms with Crippen molar-refractivity contribution in [1.29, 1.82) is 0 Å². The molecule has 0 bridgehead atoms. The van der Waals surface area contributed by atoms with Gasteiger partial charge in [0.15, 0.2) is 0 Å². The number of carboxylic acids is 1. The second-order valence-corrected chi connectivity index (χ2v) is 7.08. The summed E-state index contributed by atoms with van der Waals surface area (Å²) < 4.78 is 5.67. The number of amides is 1. The monoisotopic (exact) mass is 298 g/mol. The van der Waals surface area contributed by atoms with Crippen LogP contribution in [-0.2, 0) is 9.53 Å². The number of nitrogens with one attached hydrogen (secondary N) is 1. The summed E-state index contributed by atoms with van der Waals surface area (Å²) in [6.07, 6.45) is 2.42. The van der Waals surface area contributed by atoms with E-state index in [2.05, 4.69) is 26.1 Å². The van der Waals surface area contributed by atoms with Crippen LogP contribution in [0.2, 0.25) is 0 Å². The third kappa shape index (κ3) is 3.67. The fraction of sp³-hybridized carbons (Fsp3) is 0.867. The number of ether oxygens (including phenoxy) is 1. The van der Waals surface area contributed by atoms with Crippen molar-refractivity contribution in [3.63, 3.8) is 0 Å². The maximum atomic E-state index is 12.4. The highest BCUT2D eigenvalue weighted by Gasteiger charge is 2.40. The molecule has 0 aromatic heterocycles. The lowest BCUT2D eigenvalue weighted by atomic mass is 9.78. The second-order valence-electron chi connectivity index (χ2n) is 7.08. The lowest BCUT2D eigenvalue weighted by Crippen LogP contribution is -2.57. The van der Waals surface area contributed by atoms with Gasteiger partial charge in [-0.2, -0.15) is 0 Å². The van der Waals surface area contributed by atoms with Crippen molar-refractivity contribution < 1.29 is 19.4 Å². The molecule has 2 aliphatic rings. The molecule has 1 saturated heterocycles. The van der Waals surface area contributed by atoms with Crippen LogP contribution in [0.1, 0.15) is 40.0 Å². The smallest absolute Gasteiger partial charge is 0.410 e. The minimum Gasteiger partial charge on any atom is -0.480 e. The van der Waals surface area contributed by atoms with Gasteiger partial charge in [0.05, 0.1) is 0 Å². The molecule has 2 fully saturated rings. The van der Waals surface area contributed by atoms with Crippen LogP contribution in [-0.4, -0.2) is 53.8 Å². The van der Waals surface area contributed by atoms with Crippen LogP contribution in [0.5, 0.6) is 0 Å². The van der Waals surface area contributed by atoms with Gasteiger partial charge in [0.1, 0.15) is 12.1 Å². The standard InChI is InChI=1S/C15H26N2O4/c1-15(2,3)10-5-4-6-12(10)21-14(20)17-8-7-16-9-11(17)13(18)19/h10-12,16H,4-9H2,1-3H3,(H,18,19)/t10?,11-,12?/m0/s1. The minimum atomic E-state index is -0.988. The molecule has 0 aromatic carbocycles. The van der Waals surface area contributed by atoms with E-state index >= 15 is 0 Å². The SMILES string of the molecule is CC(C)(C)C1CCCC1OC(=O)N1CCNC[C@H]1C(=O)O. The van der Waals surface area contributed by atoms with Crippen molar-refractivity contribution in [3.05, 3.63) is 0 Å². The van der Waals surface area contributed by atoms with Crippen molar-refractivity contribution in [2.24, 2.45) is 11.3 Å². The normalized spacial score (nSPS) is 30.2. The minimum absolute atomic E-state index is 0.0943. The van der Waals surface area contributed by atoms with Crippen LogP contribution >= 0.6 is 0 Å². The lowest BCUT2D eigenvalue weighted by Gasteiger charge is -2.36. The van der Waals surface area contributed by atoms with Gasteiger partial charge >= 0.3 is 12.1 Å². The number of carboxylic acid groups (broad SMARTS) is 1. The van der Waals surface area contributed by atoms with Gasteiger partial charge in [-0.05, 0) is 24.7 Å². The predicted octanol–water partition coefficient (Wildman–Crippen LogP) is 1.70. The van der Waals surface area contributed by atoms with E-state index in [1.807, 2.05) is 0 Å². The van der Waals surface area contributed by atoms with Gasteiger partial charge < -0.3 is 15.2 Å². The molecule has 1 aliphatic heterocycles. The Bertz CT molecular complexity index is 405. The maximum Gasteiger partial charge on any atom is 0.410 e. The Morgan fingerprint density at radius 2 is 2.00 bits per heavy atom. The molecule has 2 unspecified atom stereocenters. The van der Waals surface area contributed by atoms with Crippen molar-refractivity contribution in [3.8, 4) is 0 Å². The molecule has 2 rings (SSSR count). The van der Waals surface area contributed by atoms with Gasteiger partial charge in [-0.25, -0.2) is 9.59 Å². The molecule has 0 spiro atoms. The van der Waals surface area contributed by atoms with E-state index in [9.17, 15) is 14.7 Å². The van der Waals surface area contributed by atoms with Gasteiger partial charge in [0.25, 0.3) is 0 Å². The van der Waals surface area contributed by atoms with Crippen LogP contribution < -0.4 is 5.32 Å². The van der Waals surface area contributed by atoms with E-state index in [1.54, 1.807) is 0 Å². The average Bonchev–Trinajstić information content (AvgIpc) is 2.86. The maximum absolute atomic E-state index is 12.4. The number of piperazine rings is 1. The quantitative estimate of drug-likeness (QED) is 0.811. The fourth-order valence-corrected chi connectivity index (χ4v) is 3.40. The van der Waals surface area contributed by atoms with Gasteiger partial charge in [-0.15, -0.1) is 0 Å². The molecule has 2 N–H and O–H groups in total. The zero-order valence-corrected chi connectivity index (χ0v) is 13.1. The summed E-state index contributed by atoms with van der Waals surface area (Å²) in [5.41, 5.74) is 0.0943. The van der Waals surface area contributed by atoms with Crippen LogP contribution in [0.3, 0.4) is 0 Å². The fourth-order valence-electron chi connectivity index (χ4n) is 3.40. The molecule has 21 heavy (non-hydrogen) atoms. The van der Waals surface area contributed by atoms with E-state index in [1.165, 1.54) is 4.90 Å². The zero-order valence-electron chi connectivity index (χ0n) is 13.1. The highest BCUT2D eigenvalue weighted by molar-refractivity contribution is 5.80. The van der Waals surface area contributed by atoms with Gasteiger partial charge in [0, 0.05) is 25.6 Å². The van der Waals surface area contributed by atoms with Gasteiger partial charge in [0.2, 0.25) is 0 Å². The Morgan fingerprint density at radius 1 is 1.29 bits per heavy atom. The molecule has 1 amide bonds. The lowest BCUT2D eigenvalue weighted by molar-refractivity contribution is -0.143. The van der Waals surface area contributed by atoms with Crippen LogP contribution in [0, 0.1) is 11.3 Å². The van der Waals surface area contributed by atoms with E-state index < -0.39 is 18.1 Å². The average molecular weight is 298 g/mol. The number of carbonyl (C=O) groups is 2. The molecular weight excluding hydrogens is 272 g/mol. The van der Waals surface area contributed by atoms with Crippen molar-refractivity contribution in [2.75, 3.05) is 19.6 Å². The molecule has 120 valence electrons. The number of aliphatic carboxylic acids is 1. The van der Waals surface area contributed by atoms with Crippen molar-refractivity contribution in [2.45, 2.75) is 52.2 Å². The highest BCUT2D eigenvalue weighted by Crippen LogP contribution is 2.41. The molecule has 3 atom stereocenters. The number of carbonyl (C=O) groups excluding carboxylic acids is 1. The Hall–Kier alpha value is -1.30. The number of nitrogens with zero attached hydrogens (tertiary/aromatic N) is 1. The second kappa shape index (κ2) is 6.22. The molecule has 0 aromatic rings. The molecule has 6 nitrogen and oxygen atoms in total. The first-order valence-corrected chi connectivity index (χ1v) is 7.71. The largest absolute Gasteiger partial charge is 0.480 e. The van der Waals surface area contributed by atoms with E-state index in [4.69, 9.17) is 4.74 Å². The Balaban J connectivity index is 2.01. The Labute approximate surface area is 125 Å². The first-order valence-electron chi connectivity index (χ1n) is 7.71. The molecular formula is C15H26N2O4. The topological polar surface area (TPSA) is 78.9 Å². The number of rotatable bonds is 2. The van der Waals surface area contributed by atoms with Gasteiger partial charge in [-0.3, -0.25) is 4.90 Å². The number of hydrogen-bond donors (Lipinski definition) is 2. The summed E-state index contributed by atoms with van der Waals surface area (Å²) in [5.74, 6) is -0.648. The summed E-state index contributed by atoms with van der Waals surface area (Å²) in [6, 6.07) is -0.833.